The van der Waals surface area contributed by atoms with Crippen molar-refractivity contribution < 1.29 is 14.3 Å². The quantitative estimate of drug-likeness (QED) is 0.474. The first-order chi connectivity index (χ1) is 9.79. The van der Waals surface area contributed by atoms with Crippen molar-refractivity contribution in [2.24, 2.45) is 0 Å². The Balaban J connectivity index is 0.000000885. The van der Waals surface area contributed by atoms with E-state index in [1.54, 1.807) is 24.3 Å². The molecule has 1 atom stereocenters. The fourth-order valence-electron chi connectivity index (χ4n) is 1.35. The van der Waals surface area contributed by atoms with Crippen LogP contribution in [0.2, 0.25) is 0 Å². The minimum absolute atomic E-state index is 0.0151. The molecule has 0 saturated heterocycles. The first-order valence-corrected chi connectivity index (χ1v) is 6.93. The van der Waals surface area contributed by atoms with Gasteiger partial charge >= 0.3 is 5.97 Å². The van der Waals surface area contributed by atoms with Crippen LogP contribution in [0.3, 0.4) is 0 Å². The van der Waals surface area contributed by atoms with Gasteiger partial charge in [0.1, 0.15) is 0 Å². The number of carbonyl (C=O) groups excluding carboxylic acids is 2. The van der Waals surface area contributed by atoms with E-state index in [4.69, 9.17) is 12.6 Å². The predicted molar refractivity (Wildman–Crippen MR) is 85.8 cm³/mol. The standard InChI is InChI=1S/C13H15BO3.C3H9N/c1-3-8-17-13(16)12(14)11-6-4-10(5-7-11)9(2)15;1-4(2)3/h4-7,12H,3,8H2,1-2H3;1-3H3. The molecule has 0 saturated carbocycles. The smallest absolute Gasteiger partial charge is 0.304 e. The molecule has 4 nitrogen and oxygen atoms in total. The number of rotatable bonds is 5. The zero-order valence-electron chi connectivity index (χ0n) is 13.6. The highest BCUT2D eigenvalue weighted by molar-refractivity contribution is 6.23. The molecule has 2 radical (unpaired) electrons. The van der Waals surface area contributed by atoms with E-state index >= 15 is 0 Å². The van der Waals surface area contributed by atoms with Crippen LogP contribution >= 0.6 is 0 Å². The lowest BCUT2D eigenvalue weighted by atomic mass is 9.81. The van der Waals surface area contributed by atoms with Gasteiger partial charge in [0.25, 0.3) is 0 Å². The number of nitrogens with zero attached hydrogens (tertiary/aromatic N) is 1. The average Bonchev–Trinajstić information content (AvgIpc) is 2.43. The van der Waals surface area contributed by atoms with Gasteiger partial charge in [-0.05, 0) is 40.1 Å². The molecule has 0 aliphatic heterocycles. The van der Waals surface area contributed by atoms with Gasteiger partial charge in [-0.3, -0.25) is 9.59 Å². The van der Waals surface area contributed by atoms with Crippen molar-refractivity contribution in [1.29, 1.82) is 0 Å². The third-order valence-electron chi connectivity index (χ3n) is 2.38. The molecule has 1 rings (SSSR count). The molecule has 0 N–H and O–H groups in total. The Hall–Kier alpha value is -1.62. The van der Waals surface area contributed by atoms with E-state index in [1.807, 2.05) is 33.0 Å². The van der Waals surface area contributed by atoms with Crippen LogP contribution < -0.4 is 0 Å². The summed E-state index contributed by atoms with van der Waals surface area (Å²) >= 11 is 0. The van der Waals surface area contributed by atoms with Crippen molar-refractivity contribution >= 4 is 19.6 Å². The van der Waals surface area contributed by atoms with Crippen molar-refractivity contribution in [3.63, 3.8) is 0 Å². The SMILES string of the molecule is CN(C)C.[B]C(C(=O)OCCC)c1ccc(C(C)=O)cc1. The summed E-state index contributed by atoms with van der Waals surface area (Å²) in [6, 6.07) is 6.67. The van der Waals surface area contributed by atoms with Gasteiger partial charge < -0.3 is 9.64 Å². The summed E-state index contributed by atoms with van der Waals surface area (Å²) in [5.74, 6) is -1.25. The summed E-state index contributed by atoms with van der Waals surface area (Å²) in [6.07, 6.45) is 0.766. The number of esters is 1. The predicted octanol–water partition coefficient (Wildman–Crippen LogP) is 2.23. The lowest BCUT2D eigenvalue weighted by Gasteiger charge is -2.11. The largest absolute Gasteiger partial charge is 0.466 e. The number of ketones is 1. The Morgan fingerprint density at radius 2 is 1.67 bits per heavy atom. The van der Waals surface area contributed by atoms with E-state index < -0.39 is 11.8 Å². The molecule has 21 heavy (non-hydrogen) atoms. The number of hydrogen-bond acceptors (Lipinski definition) is 4. The van der Waals surface area contributed by atoms with Gasteiger partial charge in [-0.2, -0.15) is 0 Å². The van der Waals surface area contributed by atoms with E-state index in [-0.39, 0.29) is 5.78 Å². The van der Waals surface area contributed by atoms with Gasteiger partial charge in [-0.1, -0.05) is 31.2 Å². The summed E-state index contributed by atoms with van der Waals surface area (Å²) < 4.78 is 4.95. The second kappa shape index (κ2) is 10.2. The van der Waals surface area contributed by atoms with Gasteiger partial charge in [0, 0.05) is 11.4 Å². The van der Waals surface area contributed by atoms with Gasteiger partial charge in [-0.15, -0.1) is 0 Å². The normalized spacial score (nSPS) is 11.3. The van der Waals surface area contributed by atoms with Crippen LogP contribution in [0.25, 0.3) is 0 Å². The zero-order chi connectivity index (χ0) is 16.4. The molecule has 0 bridgehead atoms. The molecule has 1 unspecified atom stereocenters. The third kappa shape index (κ3) is 8.30. The Morgan fingerprint density at radius 1 is 1.19 bits per heavy atom. The third-order valence-corrected chi connectivity index (χ3v) is 2.38. The van der Waals surface area contributed by atoms with Crippen LogP contribution in [0.15, 0.2) is 24.3 Å². The van der Waals surface area contributed by atoms with Gasteiger partial charge in [0.2, 0.25) is 0 Å². The fourth-order valence-corrected chi connectivity index (χ4v) is 1.35. The Morgan fingerprint density at radius 3 is 2.05 bits per heavy atom. The van der Waals surface area contributed by atoms with Crippen LogP contribution in [-0.4, -0.2) is 52.2 Å². The van der Waals surface area contributed by atoms with E-state index in [9.17, 15) is 9.59 Å². The van der Waals surface area contributed by atoms with Crippen molar-refractivity contribution in [1.82, 2.24) is 4.90 Å². The minimum atomic E-state index is -0.789. The van der Waals surface area contributed by atoms with Crippen LogP contribution in [-0.2, 0) is 9.53 Å². The Bertz CT molecular complexity index is 441. The van der Waals surface area contributed by atoms with Crippen LogP contribution in [0.1, 0.15) is 42.0 Å². The number of hydrogen-bond donors (Lipinski definition) is 0. The molecular weight excluding hydrogens is 265 g/mol. The van der Waals surface area contributed by atoms with Gasteiger partial charge in [0.05, 0.1) is 14.5 Å². The molecule has 0 amide bonds. The van der Waals surface area contributed by atoms with Crippen molar-refractivity contribution in [3.8, 4) is 0 Å². The van der Waals surface area contributed by atoms with Gasteiger partial charge in [0.15, 0.2) is 5.78 Å². The number of ether oxygens (including phenoxy) is 1. The monoisotopic (exact) mass is 289 g/mol. The van der Waals surface area contributed by atoms with Crippen LogP contribution in [0.4, 0.5) is 0 Å². The lowest BCUT2D eigenvalue weighted by Crippen LogP contribution is -2.16. The molecule has 0 heterocycles. The molecule has 114 valence electrons. The second-order valence-corrected chi connectivity index (χ2v) is 5.17. The average molecular weight is 289 g/mol. The Labute approximate surface area is 128 Å². The zero-order valence-corrected chi connectivity index (χ0v) is 13.6. The molecule has 0 fully saturated rings. The molecule has 1 aromatic rings. The van der Waals surface area contributed by atoms with Crippen molar-refractivity contribution in [2.75, 3.05) is 27.7 Å². The van der Waals surface area contributed by atoms with E-state index in [1.165, 1.54) is 6.92 Å². The molecule has 0 aliphatic carbocycles. The first kappa shape index (κ1) is 19.4. The molecule has 1 aromatic carbocycles. The maximum absolute atomic E-state index is 11.5. The molecule has 0 spiro atoms. The van der Waals surface area contributed by atoms with E-state index in [0.717, 1.165) is 6.42 Å². The number of Topliss-reactive ketones (excluding diaryl/α,β-unsaturated/α-hetero) is 1. The molecule has 0 aliphatic rings. The van der Waals surface area contributed by atoms with E-state index in [0.29, 0.717) is 17.7 Å². The van der Waals surface area contributed by atoms with Gasteiger partial charge in [-0.25, -0.2) is 0 Å². The summed E-state index contributed by atoms with van der Waals surface area (Å²) in [5.41, 5.74) is 1.25. The highest BCUT2D eigenvalue weighted by Gasteiger charge is 2.15. The topological polar surface area (TPSA) is 46.6 Å². The lowest BCUT2D eigenvalue weighted by molar-refractivity contribution is -0.143. The van der Waals surface area contributed by atoms with Crippen molar-refractivity contribution in [2.45, 2.75) is 26.1 Å². The number of carbonyl (C=O) groups is 2. The summed E-state index contributed by atoms with van der Waals surface area (Å²) in [4.78, 5) is 24.6. The number of benzene rings is 1. The molecule has 0 aromatic heterocycles. The highest BCUT2D eigenvalue weighted by Crippen LogP contribution is 2.15. The molecule has 5 heteroatoms. The maximum atomic E-state index is 11.5. The highest BCUT2D eigenvalue weighted by atomic mass is 16.5. The van der Waals surface area contributed by atoms with E-state index in [2.05, 4.69) is 0 Å². The summed E-state index contributed by atoms with van der Waals surface area (Å²) in [7, 11) is 11.7. The Kier molecular flexibility index (Phi) is 9.38. The van der Waals surface area contributed by atoms with Crippen LogP contribution in [0.5, 0.6) is 0 Å². The molecular formula is C16H24BNO3. The summed E-state index contributed by atoms with van der Waals surface area (Å²) in [5, 5.41) is 0. The minimum Gasteiger partial charge on any atom is -0.466 e. The maximum Gasteiger partial charge on any atom is 0.304 e. The van der Waals surface area contributed by atoms with Crippen LogP contribution in [0, 0.1) is 0 Å². The van der Waals surface area contributed by atoms with Crippen molar-refractivity contribution in [3.05, 3.63) is 35.4 Å². The fraction of sp³-hybridized carbons (Fsp3) is 0.500. The first-order valence-electron chi connectivity index (χ1n) is 6.93. The second-order valence-electron chi connectivity index (χ2n) is 5.17. The summed E-state index contributed by atoms with van der Waals surface area (Å²) in [6.45, 7) is 3.78.